The van der Waals surface area contributed by atoms with Gasteiger partial charge < -0.3 is 9.47 Å². The lowest BCUT2D eigenvalue weighted by Crippen LogP contribution is -2.40. The zero-order chi connectivity index (χ0) is 17.7. The van der Waals surface area contributed by atoms with Crippen LogP contribution in [0.2, 0.25) is 0 Å². The summed E-state index contributed by atoms with van der Waals surface area (Å²) in [4.78, 5) is 0. The smallest absolute Gasteiger partial charge is 0.130 e. The van der Waals surface area contributed by atoms with Crippen LogP contribution in [0.3, 0.4) is 0 Å². The van der Waals surface area contributed by atoms with Gasteiger partial charge in [0.05, 0.1) is 5.60 Å². The Hall–Kier alpha value is -1.80. The van der Waals surface area contributed by atoms with E-state index in [2.05, 4.69) is 76.2 Å². The van der Waals surface area contributed by atoms with Crippen LogP contribution in [-0.4, -0.2) is 17.3 Å². The molecule has 2 heteroatoms. The third kappa shape index (κ3) is 2.67. The summed E-state index contributed by atoms with van der Waals surface area (Å²) in [6.07, 6.45) is 3.35. The van der Waals surface area contributed by atoms with E-state index in [9.17, 15) is 0 Å². The molecular formula is C23H28O2. The van der Waals surface area contributed by atoms with Crippen LogP contribution in [0.4, 0.5) is 0 Å². The second kappa shape index (κ2) is 5.88. The van der Waals surface area contributed by atoms with Gasteiger partial charge in [-0.25, -0.2) is 0 Å². The number of ether oxygens (including phenoxy) is 2. The largest absolute Gasteiger partial charge is 0.487 e. The summed E-state index contributed by atoms with van der Waals surface area (Å²) in [6.45, 7) is 8.93. The summed E-state index contributed by atoms with van der Waals surface area (Å²) >= 11 is 0. The summed E-state index contributed by atoms with van der Waals surface area (Å²) in [5.74, 6) is 1.49. The van der Waals surface area contributed by atoms with Crippen LogP contribution < -0.4 is 4.74 Å². The minimum absolute atomic E-state index is 0.00295. The zero-order valence-corrected chi connectivity index (χ0v) is 15.7. The molecule has 0 amide bonds. The summed E-state index contributed by atoms with van der Waals surface area (Å²) in [7, 11) is 0. The fourth-order valence-electron chi connectivity index (χ4n) is 4.56. The van der Waals surface area contributed by atoms with Crippen molar-refractivity contribution < 1.29 is 9.47 Å². The highest BCUT2D eigenvalue weighted by Gasteiger charge is 2.61. The predicted octanol–water partition coefficient (Wildman–Crippen LogP) is 5.78. The average Bonchev–Trinajstić information content (AvgIpc) is 3.08. The first kappa shape index (κ1) is 16.7. The van der Waals surface area contributed by atoms with E-state index in [0.29, 0.717) is 5.92 Å². The second-order valence-electron chi connectivity index (χ2n) is 8.26. The van der Waals surface area contributed by atoms with E-state index in [4.69, 9.17) is 9.47 Å². The molecule has 2 aliphatic heterocycles. The van der Waals surface area contributed by atoms with Gasteiger partial charge in [0.2, 0.25) is 0 Å². The molecule has 2 nitrogen and oxygen atoms in total. The average molecular weight is 336 g/mol. The summed E-state index contributed by atoms with van der Waals surface area (Å²) in [5.41, 5.74) is 3.52. The van der Waals surface area contributed by atoms with Gasteiger partial charge in [0.1, 0.15) is 17.5 Å². The maximum Gasteiger partial charge on any atom is 0.130 e. The van der Waals surface area contributed by atoms with Crippen LogP contribution in [0, 0.1) is 12.8 Å². The molecule has 2 aromatic carbocycles. The van der Waals surface area contributed by atoms with Gasteiger partial charge in [-0.1, -0.05) is 56.3 Å². The number of aryl methyl sites for hydroxylation is 1. The van der Waals surface area contributed by atoms with Crippen LogP contribution in [0.1, 0.15) is 45.6 Å². The lowest BCUT2D eigenvalue weighted by Gasteiger charge is -2.32. The highest BCUT2D eigenvalue weighted by Crippen LogP contribution is 2.55. The van der Waals surface area contributed by atoms with Gasteiger partial charge in [0, 0.05) is 12.0 Å². The first-order valence-electron chi connectivity index (χ1n) is 9.45. The molecule has 25 heavy (non-hydrogen) atoms. The van der Waals surface area contributed by atoms with E-state index >= 15 is 0 Å². The molecular weight excluding hydrogens is 308 g/mol. The normalized spacial score (nSPS) is 30.8. The van der Waals surface area contributed by atoms with Gasteiger partial charge in [0.15, 0.2) is 0 Å². The van der Waals surface area contributed by atoms with Gasteiger partial charge in [-0.15, -0.1) is 0 Å². The lowest BCUT2D eigenvalue weighted by atomic mass is 9.75. The van der Waals surface area contributed by atoms with Crippen molar-refractivity contribution in [2.24, 2.45) is 5.92 Å². The molecule has 0 spiro atoms. The standard InChI is InChI=1S/C23H28O2/c1-16(2)23-14-13-22(4,25-23)21(15-23)24-20-12-8-7-11-19(20)18-10-6-5-9-17(18)3/h5-12,16,21H,13-15H2,1-4H3. The van der Waals surface area contributed by atoms with Crippen LogP contribution in [0.25, 0.3) is 11.1 Å². The lowest BCUT2D eigenvalue weighted by molar-refractivity contribution is -0.0768. The maximum atomic E-state index is 6.60. The fourth-order valence-corrected chi connectivity index (χ4v) is 4.56. The number of hydrogen-bond acceptors (Lipinski definition) is 2. The van der Waals surface area contributed by atoms with Gasteiger partial charge >= 0.3 is 0 Å². The van der Waals surface area contributed by atoms with Crippen LogP contribution >= 0.6 is 0 Å². The minimum atomic E-state index is -0.164. The number of fused-ring (bicyclic) bond motifs is 2. The molecule has 0 aliphatic carbocycles. The van der Waals surface area contributed by atoms with Crippen molar-refractivity contribution in [3.05, 3.63) is 54.1 Å². The molecule has 2 heterocycles. The Bertz CT molecular complexity index is 781. The quantitative estimate of drug-likeness (QED) is 0.705. The second-order valence-corrected chi connectivity index (χ2v) is 8.26. The third-order valence-electron chi connectivity index (χ3n) is 6.34. The van der Waals surface area contributed by atoms with Gasteiger partial charge in [0.25, 0.3) is 0 Å². The van der Waals surface area contributed by atoms with Crippen molar-refractivity contribution in [2.75, 3.05) is 0 Å². The van der Waals surface area contributed by atoms with E-state index in [0.717, 1.165) is 25.0 Å². The van der Waals surface area contributed by atoms with Crippen molar-refractivity contribution in [3.63, 3.8) is 0 Å². The van der Waals surface area contributed by atoms with Gasteiger partial charge in [-0.2, -0.15) is 0 Å². The van der Waals surface area contributed by atoms with E-state index in [-0.39, 0.29) is 17.3 Å². The third-order valence-corrected chi connectivity index (χ3v) is 6.34. The minimum Gasteiger partial charge on any atom is -0.487 e. The molecule has 2 saturated heterocycles. The molecule has 0 N–H and O–H groups in total. The molecule has 3 unspecified atom stereocenters. The molecule has 2 aromatic rings. The van der Waals surface area contributed by atoms with Crippen molar-refractivity contribution in [3.8, 4) is 16.9 Å². The molecule has 2 fully saturated rings. The highest BCUT2D eigenvalue weighted by molar-refractivity contribution is 5.73. The number of rotatable bonds is 4. The monoisotopic (exact) mass is 336 g/mol. The van der Waals surface area contributed by atoms with Crippen molar-refractivity contribution >= 4 is 0 Å². The molecule has 0 radical (unpaired) electrons. The first-order valence-corrected chi connectivity index (χ1v) is 9.45. The molecule has 132 valence electrons. The SMILES string of the molecule is Cc1ccccc1-c1ccccc1OC1CC2(C(C)C)CCC1(C)O2. The Morgan fingerprint density at radius 2 is 1.68 bits per heavy atom. The predicted molar refractivity (Wildman–Crippen MR) is 102 cm³/mol. The molecule has 0 aromatic heterocycles. The number of para-hydroxylation sites is 1. The summed E-state index contributed by atoms with van der Waals surface area (Å²) in [6, 6.07) is 16.9. The molecule has 4 rings (SSSR count). The number of hydrogen-bond donors (Lipinski definition) is 0. The van der Waals surface area contributed by atoms with E-state index in [1.54, 1.807) is 0 Å². The number of benzene rings is 2. The van der Waals surface area contributed by atoms with Crippen molar-refractivity contribution in [1.82, 2.24) is 0 Å². The van der Waals surface area contributed by atoms with E-state index in [1.807, 2.05) is 0 Å². The van der Waals surface area contributed by atoms with Gasteiger partial charge in [-0.05, 0) is 49.8 Å². The fraction of sp³-hybridized carbons (Fsp3) is 0.478. The maximum absolute atomic E-state index is 6.60. The Kier molecular flexibility index (Phi) is 3.92. The first-order chi connectivity index (χ1) is 11.9. The van der Waals surface area contributed by atoms with Crippen LogP contribution in [-0.2, 0) is 4.74 Å². The van der Waals surface area contributed by atoms with Crippen molar-refractivity contribution in [2.45, 2.75) is 64.3 Å². The molecule has 2 bridgehead atoms. The van der Waals surface area contributed by atoms with Gasteiger partial charge in [-0.3, -0.25) is 0 Å². The molecule has 2 aliphatic rings. The topological polar surface area (TPSA) is 18.5 Å². The van der Waals surface area contributed by atoms with Crippen LogP contribution in [0.5, 0.6) is 5.75 Å². The Balaban J connectivity index is 1.66. The Morgan fingerprint density at radius 3 is 2.36 bits per heavy atom. The summed E-state index contributed by atoms with van der Waals surface area (Å²) in [5, 5.41) is 0. The zero-order valence-electron chi connectivity index (χ0n) is 15.7. The van der Waals surface area contributed by atoms with Crippen LogP contribution in [0.15, 0.2) is 48.5 Å². The molecule has 3 atom stereocenters. The highest BCUT2D eigenvalue weighted by atomic mass is 16.6. The van der Waals surface area contributed by atoms with Crippen molar-refractivity contribution in [1.29, 1.82) is 0 Å². The Morgan fingerprint density at radius 1 is 1.00 bits per heavy atom. The summed E-state index contributed by atoms with van der Waals surface area (Å²) < 4.78 is 13.1. The molecule has 0 saturated carbocycles. The van der Waals surface area contributed by atoms with E-state index in [1.165, 1.54) is 16.7 Å². The Labute approximate surface area is 151 Å². The van der Waals surface area contributed by atoms with E-state index < -0.39 is 0 Å².